The SMILES string of the molecule is Cl.N[C@@H]1CCc2c(Cl)cccc21. The molecular weight excluding hydrogens is 193 g/mol. The van der Waals surface area contributed by atoms with Crippen LogP contribution in [0.2, 0.25) is 5.02 Å². The van der Waals surface area contributed by atoms with Gasteiger partial charge in [-0.15, -0.1) is 12.4 Å². The lowest BCUT2D eigenvalue weighted by Crippen LogP contribution is -2.04. The third kappa shape index (κ3) is 1.45. The highest BCUT2D eigenvalue weighted by atomic mass is 35.5. The first-order valence-corrected chi connectivity index (χ1v) is 4.19. The van der Waals surface area contributed by atoms with Crippen molar-refractivity contribution in [3.8, 4) is 0 Å². The lowest BCUT2D eigenvalue weighted by atomic mass is 10.1. The highest BCUT2D eigenvalue weighted by Crippen LogP contribution is 2.33. The number of hydrogen-bond acceptors (Lipinski definition) is 1. The fraction of sp³-hybridized carbons (Fsp3) is 0.333. The molecular formula is C9H11Cl2N. The fourth-order valence-corrected chi connectivity index (χ4v) is 1.92. The Labute approximate surface area is 83.3 Å². The average molecular weight is 204 g/mol. The molecule has 0 saturated heterocycles. The third-order valence-electron chi connectivity index (χ3n) is 2.26. The van der Waals surface area contributed by atoms with Gasteiger partial charge in [-0.1, -0.05) is 23.7 Å². The van der Waals surface area contributed by atoms with Gasteiger partial charge in [-0.25, -0.2) is 0 Å². The average Bonchev–Trinajstić information content (AvgIpc) is 2.35. The van der Waals surface area contributed by atoms with Crippen molar-refractivity contribution in [2.24, 2.45) is 5.73 Å². The minimum absolute atomic E-state index is 0. The van der Waals surface area contributed by atoms with Crippen molar-refractivity contribution in [1.29, 1.82) is 0 Å². The molecule has 0 saturated carbocycles. The monoisotopic (exact) mass is 203 g/mol. The van der Waals surface area contributed by atoms with Crippen LogP contribution in [0.5, 0.6) is 0 Å². The van der Waals surface area contributed by atoms with Crippen LogP contribution in [0, 0.1) is 0 Å². The molecule has 0 fully saturated rings. The van der Waals surface area contributed by atoms with Crippen molar-refractivity contribution in [3.63, 3.8) is 0 Å². The van der Waals surface area contributed by atoms with E-state index in [2.05, 4.69) is 6.07 Å². The number of hydrogen-bond donors (Lipinski definition) is 1. The van der Waals surface area contributed by atoms with Crippen LogP contribution in [0.1, 0.15) is 23.6 Å². The highest BCUT2D eigenvalue weighted by Gasteiger charge is 2.20. The van der Waals surface area contributed by atoms with E-state index < -0.39 is 0 Å². The molecule has 0 heterocycles. The van der Waals surface area contributed by atoms with Crippen LogP contribution in [-0.4, -0.2) is 0 Å². The second-order valence-corrected chi connectivity index (χ2v) is 3.36. The zero-order chi connectivity index (χ0) is 7.84. The van der Waals surface area contributed by atoms with Gasteiger partial charge in [-0.3, -0.25) is 0 Å². The topological polar surface area (TPSA) is 26.0 Å². The van der Waals surface area contributed by atoms with E-state index in [4.69, 9.17) is 17.3 Å². The summed E-state index contributed by atoms with van der Waals surface area (Å²) in [7, 11) is 0. The molecule has 12 heavy (non-hydrogen) atoms. The van der Waals surface area contributed by atoms with Gasteiger partial charge in [-0.05, 0) is 30.0 Å². The molecule has 1 aromatic rings. The molecule has 0 aromatic heterocycles. The van der Waals surface area contributed by atoms with Gasteiger partial charge in [0, 0.05) is 11.1 Å². The number of nitrogens with two attached hydrogens (primary N) is 1. The summed E-state index contributed by atoms with van der Waals surface area (Å²) in [4.78, 5) is 0. The smallest absolute Gasteiger partial charge is 0.0441 e. The second kappa shape index (κ2) is 3.65. The number of benzene rings is 1. The quantitative estimate of drug-likeness (QED) is 0.690. The molecule has 0 bridgehead atoms. The van der Waals surface area contributed by atoms with Crippen molar-refractivity contribution in [2.75, 3.05) is 0 Å². The summed E-state index contributed by atoms with van der Waals surface area (Å²) in [5, 5.41) is 0.871. The molecule has 0 unspecified atom stereocenters. The summed E-state index contributed by atoms with van der Waals surface area (Å²) in [5.74, 6) is 0. The molecule has 1 aliphatic rings. The van der Waals surface area contributed by atoms with E-state index in [1.165, 1.54) is 11.1 Å². The Morgan fingerprint density at radius 1 is 1.42 bits per heavy atom. The van der Waals surface area contributed by atoms with Gasteiger partial charge in [0.25, 0.3) is 0 Å². The van der Waals surface area contributed by atoms with E-state index in [1.54, 1.807) is 0 Å². The van der Waals surface area contributed by atoms with Gasteiger partial charge in [0.1, 0.15) is 0 Å². The van der Waals surface area contributed by atoms with Crippen LogP contribution in [0.3, 0.4) is 0 Å². The standard InChI is InChI=1S/C9H10ClN.ClH/c10-8-3-1-2-7-6(8)4-5-9(7)11;/h1-3,9H,4-5,11H2;1H/t9-;/m1./s1. The minimum Gasteiger partial charge on any atom is -0.324 e. The fourth-order valence-electron chi connectivity index (χ4n) is 1.64. The zero-order valence-electron chi connectivity index (χ0n) is 6.59. The molecule has 66 valence electrons. The first kappa shape index (κ1) is 9.85. The van der Waals surface area contributed by atoms with Crippen LogP contribution in [0.25, 0.3) is 0 Å². The van der Waals surface area contributed by atoms with E-state index in [0.29, 0.717) is 0 Å². The largest absolute Gasteiger partial charge is 0.324 e. The lowest BCUT2D eigenvalue weighted by Gasteiger charge is -2.03. The Bertz CT molecular complexity index is 286. The van der Waals surface area contributed by atoms with Crippen molar-refractivity contribution in [3.05, 3.63) is 34.3 Å². The summed E-state index contributed by atoms with van der Waals surface area (Å²) in [5.41, 5.74) is 8.34. The maximum Gasteiger partial charge on any atom is 0.0441 e. The number of rotatable bonds is 0. The van der Waals surface area contributed by atoms with Crippen molar-refractivity contribution < 1.29 is 0 Å². The maximum atomic E-state index is 5.98. The van der Waals surface area contributed by atoms with Gasteiger partial charge in [0.15, 0.2) is 0 Å². The summed E-state index contributed by atoms with van der Waals surface area (Å²) >= 11 is 5.98. The van der Waals surface area contributed by atoms with Crippen molar-refractivity contribution >= 4 is 24.0 Å². The summed E-state index contributed by atoms with van der Waals surface area (Å²) < 4.78 is 0. The van der Waals surface area contributed by atoms with Crippen LogP contribution in [0.15, 0.2) is 18.2 Å². The molecule has 1 aromatic carbocycles. The summed E-state index contributed by atoms with van der Waals surface area (Å²) in [6.07, 6.45) is 2.08. The van der Waals surface area contributed by atoms with Crippen LogP contribution in [0.4, 0.5) is 0 Å². The molecule has 0 aliphatic heterocycles. The highest BCUT2D eigenvalue weighted by molar-refractivity contribution is 6.31. The van der Waals surface area contributed by atoms with Gasteiger partial charge < -0.3 is 5.73 Å². The molecule has 1 aliphatic carbocycles. The predicted octanol–water partition coefficient (Wildman–Crippen LogP) is 2.71. The van der Waals surface area contributed by atoms with E-state index >= 15 is 0 Å². The van der Waals surface area contributed by atoms with E-state index in [1.807, 2.05) is 12.1 Å². The molecule has 2 N–H and O–H groups in total. The molecule has 0 spiro atoms. The Balaban J connectivity index is 0.000000720. The molecule has 1 nitrogen and oxygen atoms in total. The summed E-state index contributed by atoms with van der Waals surface area (Å²) in [6.45, 7) is 0. The maximum absolute atomic E-state index is 5.98. The van der Waals surface area contributed by atoms with Gasteiger partial charge in [-0.2, -0.15) is 0 Å². The first-order chi connectivity index (χ1) is 5.29. The third-order valence-corrected chi connectivity index (χ3v) is 2.61. The van der Waals surface area contributed by atoms with Crippen molar-refractivity contribution in [1.82, 2.24) is 0 Å². The molecule has 0 radical (unpaired) electrons. The first-order valence-electron chi connectivity index (χ1n) is 3.82. The van der Waals surface area contributed by atoms with Gasteiger partial charge in [0.05, 0.1) is 0 Å². The minimum atomic E-state index is 0. The number of fused-ring (bicyclic) bond motifs is 1. The van der Waals surface area contributed by atoms with Crippen molar-refractivity contribution in [2.45, 2.75) is 18.9 Å². The Morgan fingerprint density at radius 2 is 2.17 bits per heavy atom. The predicted molar refractivity (Wildman–Crippen MR) is 53.9 cm³/mol. The molecule has 2 rings (SSSR count). The van der Waals surface area contributed by atoms with E-state index in [-0.39, 0.29) is 18.4 Å². The number of halogens is 2. The summed E-state index contributed by atoms with van der Waals surface area (Å²) in [6, 6.07) is 6.17. The molecule has 3 heteroatoms. The van der Waals surface area contributed by atoms with E-state index in [0.717, 1.165) is 17.9 Å². The van der Waals surface area contributed by atoms with Gasteiger partial charge >= 0.3 is 0 Å². The lowest BCUT2D eigenvalue weighted by molar-refractivity contribution is 0.713. The zero-order valence-corrected chi connectivity index (χ0v) is 8.16. The molecule has 1 atom stereocenters. The Morgan fingerprint density at radius 3 is 2.83 bits per heavy atom. The van der Waals surface area contributed by atoms with E-state index in [9.17, 15) is 0 Å². The van der Waals surface area contributed by atoms with Gasteiger partial charge in [0.2, 0.25) is 0 Å². The molecule has 0 amide bonds. The normalized spacial score (nSPS) is 20.0. The van der Waals surface area contributed by atoms with Crippen LogP contribution < -0.4 is 5.73 Å². The Kier molecular flexibility index (Phi) is 2.99. The Hall–Kier alpha value is -0.240. The van der Waals surface area contributed by atoms with Crippen LogP contribution in [-0.2, 0) is 6.42 Å². The van der Waals surface area contributed by atoms with Crippen LogP contribution >= 0.6 is 24.0 Å². The second-order valence-electron chi connectivity index (χ2n) is 2.95.